The van der Waals surface area contributed by atoms with Gasteiger partial charge in [0, 0.05) is 11.1 Å². The molecule has 0 aliphatic carbocycles. The largest absolute Gasteiger partial charge is 0.294 e. The topological polar surface area (TPSA) is 35.2 Å². The lowest BCUT2D eigenvalue weighted by molar-refractivity contribution is -0.0237. The average Bonchev–Trinajstić information content (AvgIpc) is 2.18. The fourth-order valence-corrected chi connectivity index (χ4v) is 1.20. The van der Waals surface area contributed by atoms with Gasteiger partial charge in [-0.15, -0.1) is 6.42 Å². The predicted octanol–water partition coefficient (Wildman–Crippen LogP) is 1.79. The first kappa shape index (κ1) is 9.79. The first-order valence-electron chi connectivity index (χ1n) is 4.06. The van der Waals surface area contributed by atoms with Gasteiger partial charge in [0.25, 0.3) is 0 Å². The lowest BCUT2D eigenvalue weighted by Gasteiger charge is -2.23. The Morgan fingerprint density at radius 2 is 2.00 bits per heavy atom. The highest BCUT2D eigenvalue weighted by Gasteiger charge is 2.22. The van der Waals surface area contributed by atoms with Crippen LogP contribution < -0.4 is 5.90 Å². The van der Waals surface area contributed by atoms with Gasteiger partial charge in [0.15, 0.2) is 0 Å². The zero-order valence-electron chi connectivity index (χ0n) is 7.87. The van der Waals surface area contributed by atoms with Crippen LogP contribution in [0, 0.1) is 12.3 Å². The minimum absolute atomic E-state index is 0.539. The lowest BCUT2D eigenvalue weighted by Crippen LogP contribution is -2.26. The van der Waals surface area contributed by atoms with Crippen molar-refractivity contribution in [1.29, 1.82) is 0 Å². The zero-order valence-corrected chi connectivity index (χ0v) is 7.87. The quantitative estimate of drug-likeness (QED) is 0.549. The van der Waals surface area contributed by atoms with Gasteiger partial charge in [-0.1, -0.05) is 24.1 Å². The van der Waals surface area contributed by atoms with E-state index in [0.717, 1.165) is 11.1 Å². The van der Waals surface area contributed by atoms with Crippen LogP contribution in [0.3, 0.4) is 0 Å². The molecule has 0 aliphatic rings. The molecule has 0 atom stereocenters. The molecule has 0 fully saturated rings. The summed E-state index contributed by atoms with van der Waals surface area (Å²) in [6, 6.07) is 7.60. The van der Waals surface area contributed by atoms with E-state index in [1.54, 1.807) is 0 Å². The molecular formula is C11H13NO. The van der Waals surface area contributed by atoms with Gasteiger partial charge in [-0.05, 0) is 19.9 Å². The molecular weight excluding hydrogens is 162 g/mol. The van der Waals surface area contributed by atoms with E-state index >= 15 is 0 Å². The third kappa shape index (κ3) is 1.89. The number of terminal acetylenes is 1. The molecule has 1 rings (SSSR count). The molecule has 0 radical (unpaired) electrons. The summed E-state index contributed by atoms with van der Waals surface area (Å²) in [7, 11) is 0. The van der Waals surface area contributed by atoms with Crippen molar-refractivity contribution in [2.24, 2.45) is 5.90 Å². The summed E-state index contributed by atoms with van der Waals surface area (Å²) in [6.45, 7) is 3.76. The minimum Gasteiger partial charge on any atom is -0.294 e. The molecule has 0 amide bonds. The van der Waals surface area contributed by atoms with Gasteiger partial charge >= 0.3 is 0 Å². The van der Waals surface area contributed by atoms with Crippen LogP contribution in [0.1, 0.15) is 25.0 Å². The summed E-state index contributed by atoms with van der Waals surface area (Å²) < 4.78 is 0. The molecule has 0 saturated heterocycles. The van der Waals surface area contributed by atoms with E-state index in [1.807, 2.05) is 38.1 Å². The van der Waals surface area contributed by atoms with Crippen molar-refractivity contribution in [2.75, 3.05) is 0 Å². The Morgan fingerprint density at radius 3 is 2.54 bits per heavy atom. The molecule has 0 aromatic heterocycles. The van der Waals surface area contributed by atoms with Gasteiger partial charge in [0.2, 0.25) is 0 Å². The Morgan fingerprint density at radius 1 is 1.38 bits per heavy atom. The van der Waals surface area contributed by atoms with Gasteiger partial charge in [0.05, 0.1) is 0 Å². The summed E-state index contributed by atoms with van der Waals surface area (Å²) in [6.07, 6.45) is 5.36. The molecule has 2 N–H and O–H groups in total. The zero-order chi connectivity index (χ0) is 9.90. The Hall–Kier alpha value is -1.30. The van der Waals surface area contributed by atoms with Gasteiger partial charge in [-0.25, -0.2) is 5.90 Å². The molecule has 0 spiro atoms. The van der Waals surface area contributed by atoms with Gasteiger partial charge < -0.3 is 0 Å². The average molecular weight is 175 g/mol. The second kappa shape index (κ2) is 3.61. The smallest absolute Gasteiger partial charge is 0.110 e. The van der Waals surface area contributed by atoms with E-state index in [1.165, 1.54) is 0 Å². The Labute approximate surface area is 78.7 Å². The maximum absolute atomic E-state index is 5.36. The van der Waals surface area contributed by atoms with Gasteiger partial charge in [-0.3, -0.25) is 4.84 Å². The molecule has 0 bridgehead atoms. The Bertz CT molecular complexity index is 336. The molecule has 1 aromatic rings. The molecule has 0 saturated carbocycles. The third-order valence-electron chi connectivity index (χ3n) is 2.03. The summed E-state index contributed by atoms with van der Waals surface area (Å²) in [5.41, 5.74) is 1.21. The van der Waals surface area contributed by atoms with E-state index in [0.29, 0.717) is 0 Å². The molecule has 0 unspecified atom stereocenters. The van der Waals surface area contributed by atoms with E-state index in [-0.39, 0.29) is 0 Å². The van der Waals surface area contributed by atoms with Crippen LogP contribution in [-0.2, 0) is 10.4 Å². The van der Waals surface area contributed by atoms with Crippen LogP contribution in [0.25, 0.3) is 0 Å². The molecule has 0 heterocycles. The van der Waals surface area contributed by atoms with Gasteiger partial charge in [-0.2, -0.15) is 0 Å². The second-order valence-electron chi connectivity index (χ2n) is 3.32. The van der Waals surface area contributed by atoms with Crippen LogP contribution in [0.5, 0.6) is 0 Å². The van der Waals surface area contributed by atoms with Crippen molar-refractivity contribution < 1.29 is 4.84 Å². The molecule has 1 aromatic carbocycles. The normalized spacial score (nSPS) is 10.9. The van der Waals surface area contributed by atoms with Crippen molar-refractivity contribution >= 4 is 0 Å². The monoisotopic (exact) mass is 175 g/mol. The SMILES string of the molecule is C#Cc1ccccc1C(C)(C)ON. The van der Waals surface area contributed by atoms with Crippen LogP contribution in [0.15, 0.2) is 24.3 Å². The molecule has 13 heavy (non-hydrogen) atoms. The maximum atomic E-state index is 5.36. The number of hydrogen-bond donors (Lipinski definition) is 1. The van der Waals surface area contributed by atoms with E-state index in [4.69, 9.17) is 17.2 Å². The summed E-state index contributed by atoms with van der Waals surface area (Å²) in [4.78, 5) is 4.87. The summed E-state index contributed by atoms with van der Waals surface area (Å²) in [5.74, 6) is 7.79. The third-order valence-corrected chi connectivity index (χ3v) is 2.03. The molecule has 2 heteroatoms. The maximum Gasteiger partial charge on any atom is 0.110 e. The Kier molecular flexibility index (Phi) is 2.72. The van der Waals surface area contributed by atoms with Crippen molar-refractivity contribution in [1.82, 2.24) is 0 Å². The number of rotatable bonds is 2. The highest BCUT2D eigenvalue weighted by Crippen LogP contribution is 2.25. The van der Waals surface area contributed by atoms with Crippen molar-refractivity contribution in [2.45, 2.75) is 19.4 Å². The second-order valence-corrected chi connectivity index (χ2v) is 3.32. The summed E-state index contributed by atoms with van der Waals surface area (Å²) in [5, 5.41) is 0. The van der Waals surface area contributed by atoms with E-state index in [9.17, 15) is 0 Å². The van der Waals surface area contributed by atoms with E-state index < -0.39 is 5.60 Å². The Balaban J connectivity index is 3.22. The first-order chi connectivity index (χ1) is 6.11. The number of hydrogen-bond acceptors (Lipinski definition) is 2. The highest BCUT2D eigenvalue weighted by molar-refractivity contribution is 5.42. The fourth-order valence-electron chi connectivity index (χ4n) is 1.20. The summed E-state index contributed by atoms with van der Waals surface area (Å²) >= 11 is 0. The number of nitrogens with two attached hydrogens (primary N) is 1. The van der Waals surface area contributed by atoms with Crippen molar-refractivity contribution in [3.63, 3.8) is 0 Å². The molecule has 68 valence electrons. The first-order valence-corrected chi connectivity index (χ1v) is 4.06. The minimum atomic E-state index is -0.539. The number of benzene rings is 1. The molecule has 2 nitrogen and oxygen atoms in total. The van der Waals surface area contributed by atoms with Crippen molar-refractivity contribution in [3.8, 4) is 12.3 Å². The fraction of sp³-hybridized carbons (Fsp3) is 0.273. The highest BCUT2D eigenvalue weighted by atomic mass is 16.6. The predicted molar refractivity (Wildman–Crippen MR) is 52.7 cm³/mol. The van der Waals surface area contributed by atoms with E-state index in [2.05, 4.69) is 5.92 Å². The molecule has 0 aliphatic heterocycles. The van der Waals surface area contributed by atoms with Crippen LogP contribution in [0.2, 0.25) is 0 Å². The van der Waals surface area contributed by atoms with Crippen LogP contribution in [-0.4, -0.2) is 0 Å². The standard InChI is InChI=1S/C11H13NO/c1-4-9-7-5-6-8-10(9)11(2,3)13-12/h1,5-8H,12H2,2-3H3. The van der Waals surface area contributed by atoms with Crippen LogP contribution >= 0.6 is 0 Å². The van der Waals surface area contributed by atoms with Gasteiger partial charge in [0.1, 0.15) is 5.60 Å². The lowest BCUT2D eigenvalue weighted by atomic mass is 9.93. The van der Waals surface area contributed by atoms with Crippen LogP contribution in [0.4, 0.5) is 0 Å². The van der Waals surface area contributed by atoms with Crippen molar-refractivity contribution in [3.05, 3.63) is 35.4 Å².